The Hall–Kier alpha value is -1.70. The number of rotatable bonds is 8. The largest absolute Gasteiger partial charge is 0.481 e. The molecule has 22 heavy (non-hydrogen) atoms. The van der Waals surface area contributed by atoms with Gasteiger partial charge >= 0.3 is 11.5 Å². The van der Waals surface area contributed by atoms with Crippen LogP contribution in [-0.4, -0.2) is 34.3 Å². The number of nitrogens with one attached hydrogen (secondary N) is 1. The fourth-order valence-corrected chi connectivity index (χ4v) is 2.22. The SMILES string of the molecule is O=C(O)CCC(Cc1ccccc1)NC(=O)CSC(F)(F)F. The Labute approximate surface area is 130 Å². The lowest BCUT2D eigenvalue weighted by Gasteiger charge is -2.18. The summed E-state index contributed by atoms with van der Waals surface area (Å²) in [6, 6.07) is 8.51. The molecule has 0 aliphatic carbocycles. The molecule has 0 saturated carbocycles. The monoisotopic (exact) mass is 335 g/mol. The summed E-state index contributed by atoms with van der Waals surface area (Å²) in [5.41, 5.74) is -3.59. The van der Waals surface area contributed by atoms with Crippen LogP contribution in [0.3, 0.4) is 0 Å². The molecule has 0 radical (unpaired) electrons. The van der Waals surface area contributed by atoms with Crippen LogP contribution >= 0.6 is 11.8 Å². The Bertz CT molecular complexity index is 494. The number of carbonyl (C=O) groups excluding carboxylic acids is 1. The maximum atomic E-state index is 12.1. The van der Waals surface area contributed by atoms with E-state index in [-0.39, 0.29) is 12.8 Å². The van der Waals surface area contributed by atoms with Gasteiger partial charge in [-0.1, -0.05) is 30.3 Å². The van der Waals surface area contributed by atoms with Gasteiger partial charge in [0.05, 0.1) is 5.75 Å². The molecule has 0 fully saturated rings. The molecule has 1 rings (SSSR count). The fraction of sp³-hybridized carbons (Fsp3) is 0.429. The lowest BCUT2D eigenvalue weighted by Crippen LogP contribution is -2.38. The number of aliphatic carboxylic acids is 1. The molecule has 0 aromatic heterocycles. The number of hydrogen-bond donors (Lipinski definition) is 2. The molecule has 4 nitrogen and oxygen atoms in total. The van der Waals surface area contributed by atoms with Crippen LogP contribution in [0, 0.1) is 0 Å². The minimum Gasteiger partial charge on any atom is -0.481 e. The molecule has 122 valence electrons. The highest BCUT2D eigenvalue weighted by Crippen LogP contribution is 2.29. The van der Waals surface area contributed by atoms with E-state index in [0.29, 0.717) is 6.42 Å². The summed E-state index contributed by atoms with van der Waals surface area (Å²) in [5.74, 6) is -2.51. The molecular formula is C14H16F3NO3S. The summed E-state index contributed by atoms with van der Waals surface area (Å²) in [4.78, 5) is 22.2. The number of halogens is 3. The molecule has 2 N–H and O–H groups in total. The van der Waals surface area contributed by atoms with Crippen molar-refractivity contribution in [3.8, 4) is 0 Å². The number of benzene rings is 1. The van der Waals surface area contributed by atoms with Crippen LogP contribution in [0.5, 0.6) is 0 Å². The highest BCUT2D eigenvalue weighted by atomic mass is 32.2. The van der Waals surface area contributed by atoms with Crippen molar-refractivity contribution < 1.29 is 27.9 Å². The van der Waals surface area contributed by atoms with Gasteiger partial charge in [-0.25, -0.2) is 0 Å². The molecule has 0 aliphatic rings. The number of carboxylic acids is 1. The number of alkyl halides is 3. The lowest BCUT2D eigenvalue weighted by molar-refractivity contribution is -0.137. The third kappa shape index (κ3) is 8.56. The van der Waals surface area contributed by atoms with Gasteiger partial charge in [-0.15, -0.1) is 0 Å². The predicted octanol–water partition coefficient (Wildman–Crippen LogP) is 2.83. The van der Waals surface area contributed by atoms with Crippen molar-refractivity contribution in [1.29, 1.82) is 0 Å². The summed E-state index contributed by atoms with van der Waals surface area (Å²) in [6.07, 6.45) is 0.368. The first-order valence-electron chi connectivity index (χ1n) is 6.52. The van der Waals surface area contributed by atoms with Gasteiger partial charge in [-0.2, -0.15) is 13.2 Å². The highest BCUT2D eigenvalue weighted by Gasteiger charge is 2.29. The molecule has 0 heterocycles. The van der Waals surface area contributed by atoms with Gasteiger partial charge in [-0.3, -0.25) is 9.59 Å². The molecule has 0 aliphatic heterocycles. The topological polar surface area (TPSA) is 66.4 Å². The van der Waals surface area contributed by atoms with Gasteiger partial charge in [0.2, 0.25) is 5.91 Å². The lowest BCUT2D eigenvalue weighted by atomic mass is 10.0. The van der Waals surface area contributed by atoms with E-state index in [0.717, 1.165) is 5.56 Å². The smallest absolute Gasteiger partial charge is 0.442 e. The Morgan fingerprint density at radius 3 is 2.41 bits per heavy atom. The van der Waals surface area contributed by atoms with Crippen molar-refractivity contribution in [3.05, 3.63) is 35.9 Å². The van der Waals surface area contributed by atoms with Crippen LogP contribution in [-0.2, 0) is 16.0 Å². The van der Waals surface area contributed by atoms with Crippen molar-refractivity contribution in [2.45, 2.75) is 30.8 Å². The second kappa shape index (κ2) is 8.67. The van der Waals surface area contributed by atoms with Crippen LogP contribution in [0.15, 0.2) is 30.3 Å². The number of thioether (sulfide) groups is 1. The van der Waals surface area contributed by atoms with Gasteiger partial charge in [0.1, 0.15) is 0 Å². The maximum absolute atomic E-state index is 12.1. The van der Waals surface area contributed by atoms with E-state index >= 15 is 0 Å². The van der Waals surface area contributed by atoms with Crippen molar-refractivity contribution >= 4 is 23.6 Å². The van der Waals surface area contributed by atoms with Gasteiger partial charge in [0, 0.05) is 12.5 Å². The van der Waals surface area contributed by atoms with Crippen molar-refractivity contribution in [3.63, 3.8) is 0 Å². The molecule has 0 spiro atoms. The van der Waals surface area contributed by atoms with E-state index in [4.69, 9.17) is 5.11 Å². The van der Waals surface area contributed by atoms with Crippen LogP contribution < -0.4 is 5.32 Å². The number of carbonyl (C=O) groups is 2. The van der Waals surface area contributed by atoms with E-state index in [1.165, 1.54) is 0 Å². The molecular weight excluding hydrogens is 319 g/mol. The summed E-state index contributed by atoms with van der Waals surface area (Å²) in [5, 5.41) is 11.2. The van der Waals surface area contributed by atoms with E-state index in [1.54, 1.807) is 12.1 Å². The zero-order valence-corrected chi connectivity index (χ0v) is 12.4. The number of hydrogen-bond acceptors (Lipinski definition) is 3. The van der Waals surface area contributed by atoms with Crippen molar-refractivity contribution in [2.75, 3.05) is 5.75 Å². The summed E-state index contributed by atoms with van der Waals surface area (Å²) >= 11 is -0.414. The second-order valence-electron chi connectivity index (χ2n) is 4.62. The first-order chi connectivity index (χ1) is 10.3. The Morgan fingerprint density at radius 2 is 1.86 bits per heavy atom. The average Bonchev–Trinajstić information content (AvgIpc) is 2.43. The minimum atomic E-state index is -4.46. The summed E-state index contributed by atoms with van der Waals surface area (Å²) in [6.45, 7) is 0. The van der Waals surface area contributed by atoms with Gasteiger partial charge < -0.3 is 10.4 Å². The molecule has 8 heteroatoms. The predicted molar refractivity (Wildman–Crippen MR) is 77.5 cm³/mol. The summed E-state index contributed by atoms with van der Waals surface area (Å²) in [7, 11) is 0. The number of carboxylic acid groups (broad SMARTS) is 1. The van der Waals surface area contributed by atoms with E-state index in [1.807, 2.05) is 18.2 Å². The zero-order valence-electron chi connectivity index (χ0n) is 11.6. The normalized spacial score (nSPS) is 12.7. The average molecular weight is 335 g/mol. The standard InChI is InChI=1S/C14H16F3NO3S/c15-14(16,17)22-9-12(19)18-11(6-7-13(20)21)8-10-4-2-1-3-5-10/h1-5,11H,6-9H2,(H,18,19)(H,20,21). The quantitative estimate of drug-likeness (QED) is 0.767. The molecule has 1 atom stereocenters. The van der Waals surface area contributed by atoms with Crippen LogP contribution in [0.2, 0.25) is 0 Å². The minimum absolute atomic E-state index is 0.159. The van der Waals surface area contributed by atoms with Crippen molar-refractivity contribution in [2.24, 2.45) is 0 Å². The maximum Gasteiger partial charge on any atom is 0.442 e. The van der Waals surface area contributed by atoms with Crippen LogP contribution in [0.1, 0.15) is 18.4 Å². The first-order valence-corrected chi connectivity index (χ1v) is 7.50. The Morgan fingerprint density at radius 1 is 1.23 bits per heavy atom. The summed E-state index contributed by atoms with van der Waals surface area (Å²) < 4.78 is 36.2. The van der Waals surface area contributed by atoms with Crippen LogP contribution in [0.25, 0.3) is 0 Å². The van der Waals surface area contributed by atoms with E-state index in [2.05, 4.69) is 5.32 Å². The van der Waals surface area contributed by atoms with Gasteiger partial charge in [0.25, 0.3) is 0 Å². The fourth-order valence-electron chi connectivity index (χ4n) is 1.84. The van der Waals surface area contributed by atoms with E-state index in [9.17, 15) is 22.8 Å². The molecule has 0 bridgehead atoms. The zero-order chi connectivity index (χ0) is 16.6. The molecule has 0 saturated heterocycles. The highest BCUT2D eigenvalue weighted by molar-refractivity contribution is 8.00. The second-order valence-corrected chi connectivity index (χ2v) is 5.66. The van der Waals surface area contributed by atoms with Crippen LogP contribution in [0.4, 0.5) is 13.2 Å². The van der Waals surface area contributed by atoms with Gasteiger partial charge in [-0.05, 0) is 30.2 Å². The molecule has 1 amide bonds. The third-order valence-corrected chi connectivity index (χ3v) is 3.50. The number of amides is 1. The molecule has 1 unspecified atom stereocenters. The van der Waals surface area contributed by atoms with E-state index < -0.39 is 40.9 Å². The first kappa shape index (κ1) is 18.3. The Kier molecular flexibility index (Phi) is 7.23. The molecule has 1 aromatic rings. The van der Waals surface area contributed by atoms with Crippen molar-refractivity contribution in [1.82, 2.24) is 5.32 Å². The molecule has 1 aromatic carbocycles. The van der Waals surface area contributed by atoms with Gasteiger partial charge in [0.15, 0.2) is 0 Å². The Balaban J connectivity index is 2.57. The third-order valence-electron chi connectivity index (χ3n) is 2.76.